The molecule has 0 fully saturated rings. The quantitative estimate of drug-likeness (QED) is 0.638. The van der Waals surface area contributed by atoms with Crippen molar-refractivity contribution in [3.8, 4) is 0 Å². The highest BCUT2D eigenvalue weighted by Crippen LogP contribution is 2.15. The maximum absolute atomic E-state index is 10.4. The lowest BCUT2D eigenvalue weighted by Crippen LogP contribution is -1.94. The van der Waals surface area contributed by atoms with Crippen molar-refractivity contribution in [2.45, 2.75) is 27.2 Å². The van der Waals surface area contributed by atoms with Crippen LogP contribution in [0.4, 0.5) is 0 Å². The second-order valence-electron chi connectivity index (χ2n) is 3.31. The van der Waals surface area contributed by atoms with E-state index in [0.29, 0.717) is 6.42 Å². The van der Waals surface area contributed by atoms with Crippen LogP contribution in [0.25, 0.3) is 0 Å². The Labute approximate surface area is 74.1 Å². The fraction of sp³-hybridized carbons (Fsp3) is 0.455. The van der Waals surface area contributed by atoms with Crippen molar-refractivity contribution in [1.82, 2.24) is 0 Å². The molecule has 1 radical (unpaired) electrons. The molecule has 1 aromatic carbocycles. The molecule has 0 aromatic heterocycles. The zero-order chi connectivity index (χ0) is 9.14. The number of benzene rings is 1. The Balaban J connectivity index is 3.04. The molecule has 65 valence electrons. The van der Waals surface area contributed by atoms with Gasteiger partial charge in [-0.15, -0.1) is 0 Å². The number of aryl methyl sites for hydroxylation is 2. The molecule has 0 saturated carbocycles. The zero-order valence-electron chi connectivity index (χ0n) is 7.98. The van der Waals surface area contributed by atoms with Crippen molar-refractivity contribution in [2.75, 3.05) is 6.61 Å². The molecular formula is C11H15O. The van der Waals surface area contributed by atoms with E-state index in [-0.39, 0.29) is 6.61 Å². The first-order valence-corrected chi connectivity index (χ1v) is 4.30. The van der Waals surface area contributed by atoms with Crippen molar-refractivity contribution in [3.63, 3.8) is 0 Å². The third-order valence-corrected chi connectivity index (χ3v) is 2.38. The fourth-order valence-corrected chi connectivity index (χ4v) is 1.39. The van der Waals surface area contributed by atoms with Crippen LogP contribution in [0.2, 0.25) is 0 Å². The topological polar surface area (TPSA) is 19.9 Å². The van der Waals surface area contributed by atoms with Crippen LogP contribution in [-0.4, -0.2) is 6.61 Å². The smallest absolute Gasteiger partial charge is 0.0862 e. The van der Waals surface area contributed by atoms with E-state index in [1.54, 1.807) is 0 Å². The number of rotatable bonds is 2. The highest BCUT2D eigenvalue weighted by Gasteiger charge is 1.99. The summed E-state index contributed by atoms with van der Waals surface area (Å²) in [5.74, 6) is 0. The minimum Gasteiger partial charge on any atom is -0.236 e. The summed E-state index contributed by atoms with van der Waals surface area (Å²) >= 11 is 0. The van der Waals surface area contributed by atoms with Gasteiger partial charge in [0.2, 0.25) is 0 Å². The van der Waals surface area contributed by atoms with Crippen LogP contribution in [-0.2, 0) is 11.5 Å². The van der Waals surface area contributed by atoms with E-state index in [2.05, 4.69) is 32.9 Å². The Morgan fingerprint density at radius 2 is 1.58 bits per heavy atom. The lowest BCUT2D eigenvalue weighted by Gasteiger charge is -2.07. The summed E-state index contributed by atoms with van der Waals surface area (Å²) in [5.41, 5.74) is 5.09. The molecule has 0 amide bonds. The molecule has 0 aliphatic carbocycles. The minimum atomic E-state index is -0.0120. The summed E-state index contributed by atoms with van der Waals surface area (Å²) in [6, 6.07) is 4.22. The van der Waals surface area contributed by atoms with Crippen LogP contribution in [0.1, 0.15) is 22.3 Å². The van der Waals surface area contributed by atoms with Gasteiger partial charge in [-0.1, -0.05) is 12.1 Å². The predicted molar refractivity (Wildman–Crippen MR) is 49.9 cm³/mol. The normalized spacial score (nSPS) is 10.3. The molecule has 0 spiro atoms. The Morgan fingerprint density at radius 1 is 1.08 bits per heavy atom. The number of hydrogen-bond donors (Lipinski definition) is 0. The maximum Gasteiger partial charge on any atom is 0.0862 e. The first-order chi connectivity index (χ1) is 5.65. The highest BCUT2D eigenvalue weighted by atomic mass is 16.2. The van der Waals surface area contributed by atoms with Gasteiger partial charge in [0.1, 0.15) is 0 Å². The third kappa shape index (κ3) is 1.86. The van der Waals surface area contributed by atoms with Crippen molar-refractivity contribution < 1.29 is 5.11 Å². The van der Waals surface area contributed by atoms with Crippen LogP contribution >= 0.6 is 0 Å². The van der Waals surface area contributed by atoms with E-state index in [4.69, 9.17) is 0 Å². The van der Waals surface area contributed by atoms with Crippen LogP contribution in [0.3, 0.4) is 0 Å². The standard InChI is InChI=1S/C11H15O/c1-8-6-11(4-5-12)7-9(2)10(8)3/h6-7H,4-5H2,1-3H3. The third-order valence-electron chi connectivity index (χ3n) is 2.38. The molecule has 0 saturated heterocycles. The van der Waals surface area contributed by atoms with Gasteiger partial charge in [-0.2, -0.15) is 0 Å². The van der Waals surface area contributed by atoms with Gasteiger partial charge in [0.15, 0.2) is 0 Å². The average molecular weight is 163 g/mol. The average Bonchev–Trinajstić information content (AvgIpc) is 2.01. The van der Waals surface area contributed by atoms with Gasteiger partial charge < -0.3 is 0 Å². The lowest BCUT2D eigenvalue weighted by molar-refractivity contribution is 0.197. The zero-order valence-corrected chi connectivity index (χ0v) is 7.98. The second kappa shape index (κ2) is 3.72. The van der Waals surface area contributed by atoms with E-state index < -0.39 is 0 Å². The molecule has 1 heteroatoms. The second-order valence-corrected chi connectivity index (χ2v) is 3.31. The Bertz CT molecular complexity index is 253. The van der Waals surface area contributed by atoms with Gasteiger partial charge in [0, 0.05) is 0 Å². The Hall–Kier alpha value is -0.820. The molecule has 0 atom stereocenters. The van der Waals surface area contributed by atoms with Crippen LogP contribution < -0.4 is 0 Å². The van der Waals surface area contributed by atoms with E-state index in [1.807, 2.05) is 0 Å². The molecule has 0 aliphatic rings. The molecule has 0 unspecified atom stereocenters. The SMILES string of the molecule is Cc1cc(CC[O])cc(C)c1C. The van der Waals surface area contributed by atoms with E-state index in [0.717, 1.165) is 0 Å². The fourth-order valence-electron chi connectivity index (χ4n) is 1.39. The van der Waals surface area contributed by atoms with Crippen molar-refractivity contribution in [3.05, 3.63) is 34.4 Å². The van der Waals surface area contributed by atoms with Gasteiger partial charge in [0.05, 0.1) is 6.61 Å². The molecule has 0 N–H and O–H groups in total. The molecule has 1 nitrogen and oxygen atoms in total. The van der Waals surface area contributed by atoms with Gasteiger partial charge in [-0.25, -0.2) is 5.11 Å². The summed E-state index contributed by atoms with van der Waals surface area (Å²) in [7, 11) is 0. The van der Waals surface area contributed by atoms with Crippen molar-refractivity contribution in [2.24, 2.45) is 0 Å². The van der Waals surface area contributed by atoms with Gasteiger partial charge in [-0.3, -0.25) is 0 Å². The predicted octanol–water partition coefficient (Wildman–Crippen LogP) is 2.58. The number of hydrogen-bond acceptors (Lipinski definition) is 0. The molecule has 0 bridgehead atoms. The molecule has 0 heterocycles. The van der Waals surface area contributed by atoms with Crippen LogP contribution in [0.15, 0.2) is 12.1 Å². The molecule has 0 aliphatic heterocycles. The molecule has 1 aromatic rings. The van der Waals surface area contributed by atoms with Crippen molar-refractivity contribution in [1.29, 1.82) is 0 Å². The first kappa shape index (κ1) is 9.27. The molecular weight excluding hydrogens is 148 g/mol. The maximum atomic E-state index is 10.4. The summed E-state index contributed by atoms with van der Waals surface area (Å²) in [4.78, 5) is 0. The van der Waals surface area contributed by atoms with E-state index in [1.165, 1.54) is 22.3 Å². The summed E-state index contributed by atoms with van der Waals surface area (Å²) in [5, 5.41) is 10.4. The largest absolute Gasteiger partial charge is 0.236 e. The lowest BCUT2D eigenvalue weighted by atomic mass is 9.99. The minimum absolute atomic E-state index is 0.0120. The van der Waals surface area contributed by atoms with Crippen molar-refractivity contribution >= 4 is 0 Å². The Kier molecular flexibility index (Phi) is 2.88. The molecule has 1 rings (SSSR count). The summed E-state index contributed by atoms with van der Waals surface area (Å²) in [6.45, 7) is 6.29. The molecule has 12 heavy (non-hydrogen) atoms. The Morgan fingerprint density at radius 3 is 2.00 bits per heavy atom. The van der Waals surface area contributed by atoms with Gasteiger partial charge in [-0.05, 0) is 49.4 Å². The van der Waals surface area contributed by atoms with E-state index >= 15 is 0 Å². The first-order valence-electron chi connectivity index (χ1n) is 4.30. The monoisotopic (exact) mass is 163 g/mol. The summed E-state index contributed by atoms with van der Waals surface area (Å²) in [6.07, 6.45) is 0.655. The van der Waals surface area contributed by atoms with Crippen LogP contribution in [0, 0.1) is 20.8 Å². The summed E-state index contributed by atoms with van der Waals surface area (Å²) < 4.78 is 0. The van der Waals surface area contributed by atoms with Gasteiger partial charge in [0.25, 0.3) is 0 Å². The van der Waals surface area contributed by atoms with Gasteiger partial charge >= 0.3 is 0 Å². The van der Waals surface area contributed by atoms with Crippen LogP contribution in [0.5, 0.6) is 0 Å². The highest BCUT2D eigenvalue weighted by molar-refractivity contribution is 5.36. The van der Waals surface area contributed by atoms with E-state index in [9.17, 15) is 5.11 Å².